The summed E-state index contributed by atoms with van der Waals surface area (Å²) in [5.41, 5.74) is -0.506. The van der Waals surface area contributed by atoms with Gasteiger partial charge < -0.3 is 9.80 Å². The van der Waals surface area contributed by atoms with Crippen molar-refractivity contribution in [1.82, 2.24) is 24.6 Å². The standard InChI is InChI=1S/C18H16F2N6O/c19-13-3-1-4-14(20)17(13)18(27)25-9-7-24(8-10-25)15-11-16(22-12-21-15)26-6-2-5-23-26/h1-6,11-12H,7-10H2. The SMILES string of the molecule is O=C(c1c(F)cccc1F)N1CCN(c2cc(-n3cccn3)ncn2)CC1. The molecular formula is C18H16F2N6O. The largest absolute Gasteiger partial charge is 0.353 e. The lowest BCUT2D eigenvalue weighted by Crippen LogP contribution is -2.49. The molecule has 0 unspecified atom stereocenters. The molecule has 0 bridgehead atoms. The van der Waals surface area contributed by atoms with Crippen LogP contribution >= 0.6 is 0 Å². The second-order valence-corrected chi connectivity index (χ2v) is 6.06. The van der Waals surface area contributed by atoms with Crippen molar-refractivity contribution in [1.29, 1.82) is 0 Å². The van der Waals surface area contributed by atoms with Crippen LogP contribution in [0.1, 0.15) is 10.4 Å². The van der Waals surface area contributed by atoms with E-state index < -0.39 is 23.1 Å². The Hall–Kier alpha value is -3.36. The van der Waals surface area contributed by atoms with E-state index in [1.807, 2.05) is 4.90 Å². The molecule has 1 saturated heterocycles. The third-order valence-corrected chi connectivity index (χ3v) is 4.44. The van der Waals surface area contributed by atoms with Crippen LogP contribution in [0.15, 0.2) is 49.1 Å². The van der Waals surface area contributed by atoms with Crippen molar-refractivity contribution in [2.24, 2.45) is 0 Å². The molecule has 0 atom stereocenters. The van der Waals surface area contributed by atoms with Gasteiger partial charge in [-0.2, -0.15) is 5.10 Å². The predicted molar refractivity (Wildman–Crippen MR) is 93.6 cm³/mol. The minimum atomic E-state index is -0.845. The van der Waals surface area contributed by atoms with Gasteiger partial charge in [0.15, 0.2) is 5.82 Å². The molecule has 0 saturated carbocycles. The van der Waals surface area contributed by atoms with Gasteiger partial charge >= 0.3 is 0 Å². The molecule has 2 aromatic heterocycles. The number of aromatic nitrogens is 4. The summed E-state index contributed by atoms with van der Waals surface area (Å²) in [7, 11) is 0. The van der Waals surface area contributed by atoms with Gasteiger partial charge in [-0.15, -0.1) is 0 Å². The van der Waals surface area contributed by atoms with Crippen LogP contribution in [0.3, 0.4) is 0 Å². The van der Waals surface area contributed by atoms with E-state index in [0.717, 1.165) is 12.1 Å². The molecular weight excluding hydrogens is 354 g/mol. The Labute approximate surface area is 153 Å². The lowest BCUT2D eigenvalue weighted by atomic mass is 10.1. The summed E-state index contributed by atoms with van der Waals surface area (Å²) in [6.45, 7) is 1.68. The lowest BCUT2D eigenvalue weighted by molar-refractivity contribution is 0.0736. The first-order valence-corrected chi connectivity index (χ1v) is 8.44. The summed E-state index contributed by atoms with van der Waals surface area (Å²) in [5.74, 6) is -0.981. The van der Waals surface area contributed by atoms with Gasteiger partial charge in [0.05, 0.1) is 0 Å². The van der Waals surface area contributed by atoms with Crippen molar-refractivity contribution >= 4 is 11.7 Å². The van der Waals surface area contributed by atoms with Gasteiger partial charge in [0, 0.05) is 44.6 Å². The summed E-state index contributed by atoms with van der Waals surface area (Å²) in [6.07, 6.45) is 4.90. The number of benzene rings is 1. The first kappa shape index (κ1) is 17.1. The summed E-state index contributed by atoms with van der Waals surface area (Å²) < 4.78 is 29.3. The number of anilines is 1. The van der Waals surface area contributed by atoms with E-state index in [2.05, 4.69) is 15.1 Å². The number of hydrogen-bond acceptors (Lipinski definition) is 5. The number of nitrogens with zero attached hydrogens (tertiary/aromatic N) is 6. The van der Waals surface area contributed by atoms with Crippen molar-refractivity contribution in [2.45, 2.75) is 0 Å². The van der Waals surface area contributed by atoms with Crippen LogP contribution in [0, 0.1) is 11.6 Å². The second-order valence-electron chi connectivity index (χ2n) is 6.06. The van der Waals surface area contributed by atoms with E-state index in [9.17, 15) is 13.6 Å². The van der Waals surface area contributed by atoms with E-state index in [-0.39, 0.29) is 0 Å². The highest BCUT2D eigenvalue weighted by Gasteiger charge is 2.27. The third-order valence-electron chi connectivity index (χ3n) is 4.44. The Morgan fingerprint density at radius 1 is 0.963 bits per heavy atom. The zero-order chi connectivity index (χ0) is 18.8. The van der Waals surface area contributed by atoms with E-state index >= 15 is 0 Å². The van der Waals surface area contributed by atoms with Crippen LogP contribution in [-0.2, 0) is 0 Å². The average molecular weight is 370 g/mol. The van der Waals surface area contributed by atoms with Gasteiger partial charge in [-0.25, -0.2) is 23.4 Å². The van der Waals surface area contributed by atoms with Crippen molar-refractivity contribution < 1.29 is 13.6 Å². The maximum Gasteiger partial charge on any atom is 0.259 e. The molecule has 1 aliphatic heterocycles. The van der Waals surface area contributed by atoms with Crippen molar-refractivity contribution in [3.63, 3.8) is 0 Å². The third kappa shape index (κ3) is 3.35. The highest BCUT2D eigenvalue weighted by molar-refractivity contribution is 5.95. The smallest absolute Gasteiger partial charge is 0.259 e. The lowest BCUT2D eigenvalue weighted by Gasteiger charge is -2.35. The zero-order valence-electron chi connectivity index (χ0n) is 14.3. The summed E-state index contributed by atoms with van der Waals surface area (Å²) in [5, 5.41) is 4.14. The Kier molecular flexibility index (Phi) is 4.49. The Morgan fingerprint density at radius 2 is 1.67 bits per heavy atom. The Balaban J connectivity index is 1.47. The highest BCUT2D eigenvalue weighted by atomic mass is 19.1. The average Bonchev–Trinajstić information content (AvgIpc) is 3.23. The van der Waals surface area contributed by atoms with E-state index in [1.165, 1.54) is 17.3 Å². The molecule has 1 fully saturated rings. The highest BCUT2D eigenvalue weighted by Crippen LogP contribution is 2.19. The van der Waals surface area contributed by atoms with Crippen molar-refractivity contribution in [3.05, 3.63) is 66.3 Å². The number of amides is 1. The van der Waals surface area contributed by atoms with Gasteiger partial charge in [-0.1, -0.05) is 6.07 Å². The molecule has 1 aliphatic rings. The molecule has 0 radical (unpaired) electrons. The number of hydrogen-bond donors (Lipinski definition) is 0. The number of rotatable bonds is 3. The molecule has 27 heavy (non-hydrogen) atoms. The summed E-state index contributed by atoms with van der Waals surface area (Å²) in [4.78, 5) is 24.4. The minimum Gasteiger partial charge on any atom is -0.353 e. The maximum atomic E-state index is 13.9. The molecule has 3 heterocycles. The number of carbonyl (C=O) groups is 1. The van der Waals surface area contributed by atoms with Gasteiger partial charge in [0.1, 0.15) is 29.3 Å². The predicted octanol–water partition coefficient (Wildman–Crippen LogP) is 1.90. The van der Waals surface area contributed by atoms with Gasteiger partial charge in [-0.05, 0) is 18.2 Å². The van der Waals surface area contributed by atoms with Crippen LogP contribution in [-0.4, -0.2) is 56.7 Å². The quantitative estimate of drug-likeness (QED) is 0.705. The Bertz CT molecular complexity index is 934. The monoisotopic (exact) mass is 370 g/mol. The molecule has 0 spiro atoms. The molecule has 1 aromatic carbocycles. The van der Waals surface area contributed by atoms with E-state index in [1.54, 1.807) is 29.2 Å². The number of carbonyl (C=O) groups excluding carboxylic acids is 1. The topological polar surface area (TPSA) is 67.2 Å². The fourth-order valence-corrected chi connectivity index (χ4v) is 3.04. The summed E-state index contributed by atoms with van der Waals surface area (Å²) in [6, 6.07) is 7.02. The number of halogens is 2. The zero-order valence-corrected chi connectivity index (χ0v) is 14.3. The van der Waals surface area contributed by atoms with Crippen LogP contribution in [0.2, 0.25) is 0 Å². The molecule has 3 aromatic rings. The molecule has 138 valence electrons. The van der Waals surface area contributed by atoms with Gasteiger partial charge in [0.2, 0.25) is 0 Å². The summed E-state index contributed by atoms with van der Waals surface area (Å²) >= 11 is 0. The van der Waals surface area contributed by atoms with Gasteiger partial charge in [0.25, 0.3) is 5.91 Å². The van der Waals surface area contributed by atoms with Crippen molar-refractivity contribution in [3.8, 4) is 5.82 Å². The first-order chi connectivity index (χ1) is 13.1. The van der Waals surface area contributed by atoms with Crippen molar-refractivity contribution in [2.75, 3.05) is 31.1 Å². The van der Waals surface area contributed by atoms with E-state index in [4.69, 9.17) is 0 Å². The molecule has 0 aliphatic carbocycles. The molecule has 7 nitrogen and oxygen atoms in total. The maximum absolute atomic E-state index is 13.9. The van der Waals surface area contributed by atoms with Crippen LogP contribution in [0.5, 0.6) is 0 Å². The molecule has 1 amide bonds. The van der Waals surface area contributed by atoms with E-state index in [0.29, 0.717) is 37.8 Å². The van der Waals surface area contributed by atoms with Gasteiger partial charge in [-0.3, -0.25) is 4.79 Å². The number of piperazine rings is 1. The second kappa shape index (κ2) is 7.10. The first-order valence-electron chi connectivity index (χ1n) is 8.44. The molecule has 9 heteroatoms. The van der Waals surface area contributed by atoms with Crippen LogP contribution in [0.25, 0.3) is 5.82 Å². The fraction of sp³-hybridized carbons (Fsp3) is 0.222. The normalized spacial score (nSPS) is 14.4. The molecule has 0 N–H and O–H groups in total. The fourth-order valence-electron chi connectivity index (χ4n) is 3.04. The Morgan fingerprint density at radius 3 is 2.33 bits per heavy atom. The minimum absolute atomic E-state index is 0.341. The molecule has 4 rings (SSSR count). The van der Waals surface area contributed by atoms with Crippen LogP contribution < -0.4 is 4.90 Å². The van der Waals surface area contributed by atoms with Crippen LogP contribution in [0.4, 0.5) is 14.6 Å².